The van der Waals surface area contributed by atoms with Crippen LogP contribution in [0.25, 0.3) is 10.2 Å². The number of benzene rings is 2. The number of hydrogen-bond acceptors (Lipinski definition) is 8. The zero-order chi connectivity index (χ0) is 23.5. The Labute approximate surface area is 192 Å². The summed E-state index contributed by atoms with van der Waals surface area (Å²) in [5, 5.41) is 0.527. The molecule has 32 heavy (non-hydrogen) atoms. The van der Waals surface area contributed by atoms with Crippen molar-refractivity contribution in [2.45, 2.75) is 11.3 Å². The van der Waals surface area contributed by atoms with E-state index in [-0.39, 0.29) is 10.8 Å². The second-order valence-electron chi connectivity index (χ2n) is 7.55. The van der Waals surface area contributed by atoms with Gasteiger partial charge in [-0.05, 0) is 63.5 Å². The molecule has 3 aromatic rings. The van der Waals surface area contributed by atoms with Gasteiger partial charge >= 0.3 is 0 Å². The molecule has 0 saturated heterocycles. The van der Waals surface area contributed by atoms with Gasteiger partial charge in [0.2, 0.25) is 0 Å². The number of rotatable bonds is 9. The predicted molar refractivity (Wildman–Crippen MR) is 127 cm³/mol. The summed E-state index contributed by atoms with van der Waals surface area (Å²) in [6.45, 7) is 1.25. The molecule has 0 unspecified atom stereocenters. The topological polar surface area (TPSA) is 89.0 Å². The number of thiazole rings is 1. The van der Waals surface area contributed by atoms with Crippen LogP contribution in [0.4, 0.5) is 5.13 Å². The lowest BCUT2D eigenvalue weighted by Crippen LogP contribution is -2.33. The van der Waals surface area contributed by atoms with Crippen molar-refractivity contribution in [1.29, 1.82) is 0 Å². The van der Waals surface area contributed by atoms with E-state index in [1.807, 2.05) is 25.1 Å². The zero-order valence-corrected chi connectivity index (χ0v) is 20.4. The third-order valence-corrected chi connectivity index (χ3v) is 7.11. The molecule has 1 heterocycles. The summed E-state index contributed by atoms with van der Waals surface area (Å²) in [4.78, 5) is 22.0. The monoisotopic (exact) mass is 477 g/mol. The summed E-state index contributed by atoms with van der Waals surface area (Å²) in [5.41, 5.74) is 1.02. The molecule has 10 heteroatoms. The highest BCUT2D eigenvalue weighted by atomic mass is 32.2. The molecule has 0 aliphatic carbocycles. The molecule has 2 aromatic carbocycles. The smallest absolute Gasteiger partial charge is 0.260 e. The van der Waals surface area contributed by atoms with E-state index in [1.165, 1.54) is 35.6 Å². The van der Waals surface area contributed by atoms with Gasteiger partial charge in [-0.2, -0.15) is 0 Å². The zero-order valence-electron chi connectivity index (χ0n) is 18.8. The molecule has 0 atom stereocenters. The number of amides is 1. The fourth-order valence-electron chi connectivity index (χ4n) is 3.22. The minimum atomic E-state index is -3.34. The Morgan fingerprint density at radius 1 is 1.00 bits per heavy atom. The standard InChI is InChI=1S/C22H27N3O5S2/c1-24(2)13-6-14-25(21(26)15-7-9-16(10-8-15)32(5,27)28)22-23-19-17(29-3)11-12-18(30-4)20(19)31-22/h7-12H,6,13-14H2,1-5H3. The van der Waals surface area contributed by atoms with Crippen LogP contribution in [0.2, 0.25) is 0 Å². The van der Waals surface area contributed by atoms with Gasteiger partial charge in [0.05, 0.1) is 19.1 Å². The van der Waals surface area contributed by atoms with E-state index in [2.05, 4.69) is 0 Å². The average Bonchev–Trinajstić information content (AvgIpc) is 3.20. The lowest BCUT2D eigenvalue weighted by atomic mass is 10.2. The summed E-state index contributed by atoms with van der Waals surface area (Å²) in [6.07, 6.45) is 1.88. The largest absolute Gasteiger partial charge is 0.495 e. The molecule has 0 aliphatic rings. The van der Waals surface area contributed by atoms with E-state index in [4.69, 9.17) is 14.5 Å². The van der Waals surface area contributed by atoms with E-state index in [0.717, 1.165) is 23.9 Å². The van der Waals surface area contributed by atoms with Gasteiger partial charge in [-0.25, -0.2) is 13.4 Å². The summed E-state index contributed by atoms with van der Waals surface area (Å²) in [7, 11) is 3.77. The quantitative estimate of drug-likeness (QED) is 0.467. The van der Waals surface area contributed by atoms with Crippen LogP contribution >= 0.6 is 11.3 Å². The normalized spacial score (nSPS) is 11.7. The van der Waals surface area contributed by atoms with Crippen molar-refractivity contribution >= 4 is 42.4 Å². The van der Waals surface area contributed by atoms with Gasteiger partial charge < -0.3 is 14.4 Å². The number of sulfone groups is 1. The van der Waals surface area contributed by atoms with E-state index >= 15 is 0 Å². The van der Waals surface area contributed by atoms with Crippen molar-refractivity contribution in [2.24, 2.45) is 0 Å². The van der Waals surface area contributed by atoms with Crippen LogP contribution in [0.15, 0.2) is 41.3 Å². The Balaban J connectivity index is 2.03. The lowest BCUT2D eigenvalue weighted by Gasteiger charge is -2.21. The van der Waals surface area contributed by atoms with Crippen LogP contribution in [-0.4, -0.2) is 71.9 Å². The number of carbonyl (C=O) groups excluding carboxylic acids is 1. The van der Waals surface area contributed by atoms with Crippen molar-refractivity contribution in [2.75, 3.05) is 52.6 Å². The first-order valence-electron chi connectivity index (χ1n) is 9.94. The molecule has 3 rings (SSSR count). The Morgan fingerprint density at radius 3 is 2.19 bits per heavy atom. The van der Waals surface area contributed by atoms with Gasteiger partial charge in [0.1, 0.15) is 21.7 Å². The minimum Gasteiger partial charge on any atom is -0.495 e. The Morgan fingerprint density at radius 2 is 1.62 bits per heavy atom. The fourth-order valence-corrected chi connectivity index (χ4v) is 4.95. The maximum absolute atomic E-state index is 13.4. The van der Waals surface area contributed by atoms with Gasteiger partial charge in [-0.1, -0.05) is 11.3 Å². The lowest BCUT2D eigenvalue weighted by molar-refractivity contribution is 0.0986. The summed E-state index contributed by atoms with van der Waals surface area (Å²) in [6, 6.07) is 9.56. The summed E-state index contributed by atoms with van der Waals surface area (Å²) in [5.74, 6) is 1.00. The number of nitrogens with zero attached hydrogens (tertiary/aromatic N) is 3. The Kier molecular flexibility index (Phi) is 7.37. The first kappa shape index (κ1) is 24.0. The predicted octanol–water partition coefficient (Wildman–Crippen LogP) is 3.32. The second-order valence-corrected chi connectivity index (χ2v) is 10.5. The molecule has 0 radical (unpaired) electrons. The van der Waals surface area contributed by atoms with Gasteiger partial charge in [0.25, 0.3) is 5.91 Å². The van der Waals surface area contributed by atoms with Crippen molar-refractivity contribution in [3.05, 3.63) is 42.0 Å². The first-order chi connectivity index (χ1) is 15.2. The molecule has 1 amide bonds. The van der Waals surface area contributed by atoms with Crippen LogP contribution in [-0.2, 0) is 9.84 Å². The van der Waals surface area contributed by atoms with Crippen molar-refractivity contribution in [3.63, 3.8) is 0 Å². The van der Waals surface area contributed by atoms with Crippen LogP contribution in [0.1, 0.15) is 16.8 Å². The van der Waals surface area contributed by atoms with Gasteiger partial charge in [0, 0.05) is 18.4 Å². The second kappa shape index (κ2) is 9.85. The number of anilines is 1. The van der Waals surface area contributed by atoms with E-state index in [1.54, 1.807) is 25.2 Å². The van der Waals surface area contributed by atoms with Crippen molar-refractivity contribution in [1.82, 2.24) is 9.88 Å². The van der Waals surface area contributed by atoms with Gasteiger partial charge in [-0.15, -0.1) is 0 Å². The molecule has 0 aliphatic heterocycles. The number of methoxy groups -OCH3 is 2. The van der Waals surface area contributed by atoms with E-state index < -0.39 is 9.84 Å². The molecule has 0 bridgehead atoms. The van der Waals surface area contributed by atoms with Gasteiger partial charge in [0.15, 0.2) is 15.0 Å². The molecule has 0 fully saturated rings. The van der Waals surface area contributed by atoms with E-state index in [9.17, 15) is 13.2 Å². The highest BCUT2D eigenvalue weighted by Crippen LogP contribution is 2.40. The Bertz CT molecular complexity index is 1160. The number of fused-ring (bicyclic) bond motifs is 1. The maximum Gasteiger partial charge on any atom is 0.260 e. The summed E-state index contributed by atoms with van der Waals surface area (Å²) < 4.78 is 35.2. The first-order valence-corrected chi connectivity index (χ1v) is 12.6. The molecule has 0 N–H and O–H groups in total. The molecule has 1 aromatic heterocycles. The third kappa shape index (κ3) is 5.20. The number of aromatic nitrogens is 1. The minimum absolute atomic E-state index is 0.169. The number of carbonyl (C=O) groups is 1. The number of hydrogen-bond donors (Lipinski definition) is 0. The SMILES string of the molecule is COc1ccc(OC)c2sc(N(CCCN(C)C)C(=O)c3ccc(S(C)(=O)=O)cc3)nc12. The fraction of sp³-hybridized carbons (Fsp3) is 0.364. The molecule has 0 spiro atoms. The third-order valence-electron chi connectivity index (χ3n) is 4.89. The van der Waals surface area contributed by atoms with Crippen LogP contribution < -0.4 is 14.4 Å². The Hall–Kier alpha value is -2.69. The molecule has 0 saturated carbocycles. The van der Waals surface area contributed by atoms with Crippen LogP contribution in [0, 0.1) is 0 Å². The molecule has 172 valence electrons. The van der Waals surface area contributed by atoms with Crippen LogP contribution in [0.5, 0.6) is 11.5 Å². The summed E-state index contributed by atoms with van der Waals surface area (Å²) >= 11 is 1.35. The van der Waals surface area contributed by atoms with E-state index in [0.29, 0.717) is 34.3 Å². The maximum atomic E-state index is 13.4. The van der Waals surface area contributed by atoms with Crippen molar-refractivity contribution in [3.8, 4) is 11.5 Å². The molecular formula is C22H27N3O5S2. The molecular weight excluding hydrogens is 450 g/mol. The highest BCUT2D eigenvalue weighted by Gasteiger charge is 2.24. The number of ether oxygens (including phenoxy) is 2. The highest BCUT2D eigenvalue weighted by molar-refractivity contribution is 7.90. The van der Waals surface area contributed by atoms with Gasteiger partial charge in [-0.3, -0.25) is 9.69 Å². The van der Waals surface area contributed by atoms with Crippen molar-refractivity contribution < 1.29 is 22.7 Å². The molecule has 8 nitrogen and oxygen atoms in total. The van der Waals surface area contributed by atoms with Crippen LogP contribution in [0.3, 0.4) is 0 Å². The average molecular weight is 478 g/mol.